The van der Waals surface area contributed by atoms with Gasteiger partial charge in [-0.15, -0.1) is 11.3 Å². The van der Waals surface area contributed by atoms with Gasteiger partial charge in [-0.05, 0) is 35.4 Å². The Morgan fingerprint density at radius 3 is 2.08 bits per heavy atom. The van der Waals surface area contributed by atoms with Gasteiger partial charge in [-0.2, -0.15) is 0 Å². The molecule has 1 heterocycles. The zero-order valence-corrected chi connectivity index (χ0v) is 16.0. The molecular formula is C20H26N2O2S. The lowest BCUT2D eigenvalue weighted by atomic mass is 9.99. The van der Waals surface area contributed by atoms with Gasteiger partial charge in [0.25, 0.3) is 5.91 Å². The maximum absolute atomic E-state index is 12.8. The fourth-order valence-electron chi connectivity index (χ4n) is 2.63. The van der Waals surface area contributed by atoms with E-state index in [-0.39, 0.29) is 29.7 Å². The quantitative estimate of drug-likeness (QED) is 0.785. The number of amides is 2. The highest BCUT2D eigenvalue weighted by atomic mass is 32.1. The normalized spacial score (nSPS) is 13.5. The SMILES string of the molecule is CC(C)C(NC(=O)[C@@H](NC(=O)c1ccccc1)C(C)C)c1cccs1. The predicted octanol–water partition coefficient (Wildman–Crippen LogP) is 4.02. The summed E-state index contributed by atoms with van der Waals surface area (Å²) in [5, 5.41) is 8.00. The first-order valence-corrected chi connectivity index (χ1v) is 9.47. The first-order valence-electron chi connectivity index (χ1n) is 8.59. The van der Waals surface area contributed by atoms with E-state index in [0.717, 1.165) is 4.88 Å². The molecule has 0 fully saturated rings. The number of carbonyl (C=O) groups excluding carboxylic acids is 2. The topological polar surface area (TPSA) is 58.2 Å². The summed E-state index contributed by atoms with van der Waals surface area (Å²) in [6.07, 6.45) is 0. The van der Waals surface area contributed by atoms with E-state index in [1.807, 2.05) is 49.6 Å². The van der Waals surface area contributed by atoms with Gasteiger partial charge in [0, 0.05) is 10.4 Å². The van der Waals surface area contributed by atoms with Crippen molar-refractivity contribution in [3.05, 3.63) is 58.3 Å². The second kappa shape index (κ2) is 8.81. The molecule has 2 aromatic rings. The van der Waals surface area contributed by atoms with Gasteiger partial charge in [0.2, 0.25) is 5.91 Å². The number of thiophene rings is 1. The van der Waals surface area contributed by atoms with Gasteiger partial charge in [0.1, 0.15) is 6.04 Å². The lowest BCUT2D eigenvalue weighted by Gasteiger charge is -2.27. The molecule has 134 valence electrons. The molecule has 0 aliphatic heterocycles. The van der Waals surface area contributed by atoms with Gasteiger partial charge in [0.15, 0.2) is 0 Å². The van der Waals surface area contributed by atoms with E-state index in [1.54, 1.807) is 23.5 Å². The second-order valence-electron chi connectivity index (χ2n) is 6.81. The smallest absolute Gasteiger partial charge is 0.251 e. The van der Waals surface area contributed by atoms with Crippen LogP contribution in [0.5, 0.6) is 0 Å². The van der Waals surface area contributed by atoms with Gasteiger partial charge in [-0.25, -0.2) is 0 Å². The van der Waals surface area contributed by atoms with Crippen LogP contribution in [0.1, 0.15) is 49.0 Å². The van der Waals surface area contributed by atoms with Crippen LogP contribution in [0.3, 0.4) is 0 Å². The van der Waals surface area contributed by atoms with E-state index >= 15 is 0 Å². The van der Waals surface area contributed by atoms with Crippen LogP contribution in [-0.2, 0) is 4.79 Å². The molecule has 0 radical (unpaired) electrons. The van der Waals surface area contributed by atoms with Gasteiger partial charge in [0.05, 0.1) is 6.04 Å². The first-order chi connectivity index (χ1) is 11.9. The highest BCUT2D eigenvalue weighted by Crippen LogP contribution is 2.26. The summed E-state index contributed by atoms with van der Waals surface area (Å²) in [6.45, 7) is 8.03. The minimum atomic E-state index is -0.575. The minimum Gasteiger partial charge on any atom is -0.346 e. The van der Waals surface area contributed by atoms with Crippen LogP contribution in [0, 0.1) is 11.8 Å². The summed E-state index contributed by atoms with van der Waals surface area (Å²) in [5.74, 6) is -0.123. The average Bonchev–Trinajstić information content (AvgIpc) is 3.11. The van der Waals surface area contributed by atoms with Crippen LogP contribution in [0.15, 0.2) is 47.8 Å². The fraction of sp³-hybridized carbons (Fsp3) is 0.400. The van der Waals surface area contributed by atoms with Crippen molar-refractivity contribution >= 4 is 23.2 Å². The third-order valence-corrected chi connectivity index (χ3v) is 5.04. The molecule has 1 aromatic carbocycles. The van der Waals surface area contributed by atoms with Crippen LogP contribution < -0.4 is 10.6 Å². The number of carbonyl (C=O) groups is 2. The maximum atomic E-state index is 12.8. The molecule has 1 unspecified atom stereocenters. The van der Waals surface area contributed by atoms with Crippen LogP contribution in [0.2, 0.25) is 0 Å². The fourth-order valence-corrected chi connectivity index (χ4v) is 3.58. The highest BCUT2D eigenvalue weighted by Gasteiger charge is 2.28. The van der Waals surface area contributed by atoms with E-state index in [1.165, 1.54) is 0 Å². The summed E-state index contributed by atoms with van der Waals surface area (Å²) in [4.78, 5) is 26.4. The van der Waals surface area contributed by atoms with Gasteiger partial charge in [-0.3, -0.25) is 9.59 Å². The Kier molecular flexibility index (Phi) is 6.76. The number of benzene rings is 1. The molecule has 0 aliphatic rings. The molecular weight excluding hydrogens is 332 g/mol. The monoisotopic (exact) mass is 358 g/mol. The zero-order valence-electron chi connectivity index (χ0n) is 15.2. The highest BCUT2D eigenvalue weighted by molar-refractivity contribution is 7.10. The van der Waals surface area contributed by atoms with Crippen molar-refractivity contribution in [1.82, 2.24) is 10.6 Å². The standard InChI is InChI=1S/C20H26N2O2S/c1-13(2)17(16-11-8-12-25-16)21-20(24)18(14(3)4)22-19(23)15-9-6-5-7-10-15/h5-14,17-18H,1-4H3,(H,21,24)(H,22,23)/t17?,18-/m0/s1. The summed E-state index contributed by atoms with van der Waals surface area (Å²) >= 11 is 1.63. The van der Waals surface area contributed by atoms with Crippen molar-refractivity contribution in [3.8, 4) is 0 Å². The lowest BCUT2D eigenvalue weighted by molar-refractivity contribution is -0.125. The zero-order chi connectivity index (χ0) is 18.4. The molecule has 25 heavy (non-hydrogen) atoms. The molecule has 0 saturated carbocycles. The van der Waals surface area contributed by atoms with E-state index in [0.29, 0.717) is 5.56 Å². The Morgan fingerprint density at radius 2 is 1.56 bits per heavy atom. The Bertz CT molecular complexity index is 681. The summed E-state index contributed by atoms with van der Waals surface area (Å²) in [6, 6.07) is 12.4. The molecule has 2 atom stereocenters. The van der Waals surface area contributed by atoms with E-state index in [4.69, 9.17) is 0 Å². The first kappa shape index (κ1) is 19.2. The van der Waals surface area contributed by atoms with Crippen molar-refractivity contribution in [2.45, 2.75) is 39.8 Å². The number of rotatable bonds is 7. The van der Waals surface area contributed by atoms with Crippen molar-refractivity contribution < 1.29 is 9.59 Å². The molecule has 0 saturated heterocycles. The Balaban J connectivity index is 2.11. The Hall–Kier alpha value is -2.14. The summed E-state index contributed by atoms with van der Waals surface area (Å²) in [7, 11) is 0. The Labute approximate surface area is 153 Å². The molecule has 2 amide bonds. The molecule has 0 aliphatic carbocycles. The minimum absolute atomic E-state index is 0.0104. The third-order valence-electron chi connectivity index (χ3n) is 4.09. The molecule has 2 N–H and O–H groups in total. The molecule has 0 spiro atoms. The molecule has 1 aromatic heterocycles. The van der Waals surface area contributed by atoms with Gasteiger partial charge in [-0.1, -0.05) is 52.0 Å². The van der Waals surface area contributed by atoms with E-state index in [2.05, 4.69) is 24.5 Å². The summed E-state index contributed by atoms with van der Waals surface area (Å²) < 4.78 is 0. The molecule has 0 bridgehead atoms. The van der Waals surface area contributed by atoms with Crippen molar-refractivity contribution in [1.29, 1.82) is 0 Å². The van der Waals surface area contributed by atoms with Crippen LogP contribution in [0.4, 0.5) is 0 Å². The van der Waals surface area contributed by atoms with E-state index in [9.17, 15) is 9.59 Å². The molecule has 5 heteroatoms. The molecule has 4 nitrogen and oxygen atoms in total. The third kappa shape index (κ3) is 5.16. The van der Waals surface area contributed by atoms with Gasteiger partial charge < -0.3 is 10.6 Å². The number of nitrogens with one attached hydrogen (secondary N) is 2. The Morgan fingerprint density at radius 1 is 0.880 bits per heavy atom. The number of hydrogen-bond donors (Lipinski definition) is 2. The van der Waals surface area contributed by atoms with Gasteiger partial charge >= 0.3 is 0 Å². The van der Waals surface area contributed by atoms with E-state index < -0.39 is 6.04 Å². The second-order valence-corrected chi connectivity index (χ2v) is 7.79. The maximum Gasteiger partial charge on any atom is 0.251 e. The van der Waals surface area contributed by atoms with Crippen molar-refractivity contribution in [2.24, 2.45) is 11.8 Å². The number of hydrogen-bond acceptors (Lipinski definition) is 3. The predicted molar refractivity (Wildman–Crippen MR) is 103 cm³/mol. The van der Waals surface area contributed by atoms with Crippen LogP contribution >= 0.6 is 11.3 Å². The average molecular weight is 359 g/mol. The largest absolute Gasteiger partial charge is 0.346 e. The van der Waals surface area contributed by atoms with Crippen LogP contribution in [0.25, 0.3) is 0 Å². The van der Waals surface area contributed by atoms with Crippen molar-refractivity contribution in [3.63, 3.8) is 0 Å². The van der Waals surface area contributed by atoms with Crippen LogP contribution in [-0.4, -0.2) is 17.9 Å². The summed E-state index contributed by atoms with van der Waals surface area (Å²) in [5.41, 5.74) is 0.555. The lowest BCUT2D eigenvalue weighted by Crippen LogP contribution is -2.50. The van der Waals surface area contributed by atoms with Crippen molar-refractivity contribution in [2.75, 3.05) is 0 Å². The molecule has 2 rings (SSSR count).